The highest BCUT2D eigenvalue weighted by Gasteiger charge is 2.19. The summed E-state index contributed by atoms with van der Waals surface area (Å²) < 4.78 is 4.94. The molecule has 1 fully saturated rings. The lowest BCUT2D eigenvalue weighted by atomic mass is 10.1. The molecule has 1 aliphatic rings. The number of methoxy groups -OCH3 is 1. The van der Waals surface area contributed by atoms with Crippen LogP contribution in [-0.2, 0) is 14.3 Å². The zero-order valence-corrected chi connectivity index (χ0v) is 14.5. The molecule has 0 aromatic heterocycles. The molecule has 1 rings (SSSR count). The lowest BCUT2D eigenvalue weighted by Crippen LogP contribution is -2.48. The third-order valence-electron chi connectivity index (χ3n) is 3.36. The molecule has 0 N–H and O–H groups in total. The van der Waals surface area contributed by atoms with Crippen LogP contribution >= 0.6 is 0 Å². The summed E-state index contributed by atoms with van der Waals surface area (Å²) >= 11 is 0. The largest absolute Gasteiger partial charge is 0.379 e. The topological polar surface area (TPSA) is 49.9 Å². The summed E-state index contributed by atoms with van der Waals surface area (Å²) in [5.41, 5.74) is 0.0417. The second kappa shape index (κ2) is 9.77. The van der Waals surface area contributed by atoms with Gasteiger partial charge < -0.3 is 14.5 Å². The van der Waals surface area contributed by atoms with E-state index in [1.54, 1.807) is 12.0 Å². The number of amides is 2. The van der Waals surface area contributed by atoms with Gasteiger partial charge in [-0.05, 0) is 33.1 Å². The van der Waals surface area contributed by atoms with Gasteiger partial charge in [0, 0.05) is 39.7 Å². The van der Waals surface area contributed by atoms with Gasteiger partial charge in [-0.1, -0.05) is 13.8 Å². The fourth-order valence-electron chi connectivity index (χ4n) is 1.65. The maximum absolute atomic E-state index is 11.7. The highest BCUT2D eigenvalue weighted by Crippen LogP contribution is 2.08. The number of hydrogen-bond acceptors (Lipinski definition) is 3. The van der Waals surface area contributed by atoms with Crippen LogP contribution in [0.25, 0.3) is 0 Å². The minimum absolute atomic E-state index is 0.0417. The van der Waals surface area contributed by atoms with E-state index in [9.17, 15) is 9.59 Å². The first-order valence-corrected chi connectivity index (χ1v) is 7.72. The molecule has 0 atom stereocenters. The third kappa shape index (κ3) is 10.3. The predicted molar refractivity (Wildman–Crippen MR) is 85.1 cm³/mol. The standard InChI is InChI=1S/C11H20N2O2.C5H12O/c1-10(2)3-4-11(15)13-7-5-12(9-14)6-8-13;1-5(2,3)6-4/h9-10H,3-8H2,1-2H3;1-4H3. The minimum atomic E-state index is 0.0417. The molecule has 0 radical (unpaired) electrons. The molecule has 1 saturated heterocycles. The van der Waals surface area contributed by atoms with Crippen molar-refractivity contribution in [3.8, 4) is 0 Å². The second-order valence-corrected chi connectivity index (χ2v) is 6.77. The molecule has 124 valence electrons. The average molecular weight is 300 g/mol. The molecule has 5 heteroatoms. The van der Waals surface area contributed by atoms with E-state index in [1.807, 2.05) is 25.7 Å². The van der Waals surface area contributed by atoms with Gasteiger partial charge in [-0.2, -0.15) is 0 Å². The number of hydrogen-bond donors (Lipinski definition) is 0. The van der Waals surface area contributed by atoms with Gasteiger partial charge in [-0.25, -0.2) is 0 Å². The third-order valence-corrected chi connectivity index (χ3v) is 3.36. The summed E-state index contributed by atoms with van der Waals surface area (Å²) in [6.07, 6.45) is 2.45. The quantitative estimate of drug-likeness (QED) is 0.748. The number of carbonyl (C=O) groups excluding carboxylic acids is 2. The number of ether oxygens (including phenoxy) is 1. The van der Waals surface area contributed by atoms with E-state index in [0.29, 0.717) is 38.5 Å². The molecular formula is C16H32N2O3. The van der Waals surface area contributed by atoms with Crippen LogP contribution in [0.4, 0.5) is 0 Å². The predicted octanol–water partition coefficient (Wildman–Crippen LogP) is 2.15. The number of carbonyl (C=O) groups is 2. The lowest BCUT2D eigenvalue weighted by Gasteiger charge is -2.32. The first-order valence-electron chi connectivity index (χ1n) is 7.72. The van der Waals surface area contributed by atoms with Gasteiger partial charge in [-0.3, -0.25) is 9.59 Å². The summed E-state index contributed by atoms with van der Waals surface area (Å²) in [5.74, 6) is 0.805. The molecule has 0 aromatic rings. The number of nitrogens with zero attached hydrogens (tertiary/aromatic N) is 2. The van der Waals surface area contributed by atoms with Crippen molar-refractivity contribution in [3.05, 3.63) is 0 Å². The molecule has 0 saturated carbocycles. The van der Waals surface area contributed by atoms with E-state index in [-0.39, 0.29) is 11.5 Å². The Morgan fingerprint density at radius 1 is 1.19 bits per heavy atom. The fourth-order valence-corrected chi connectivity index (χ4v) is 1.65. The van der Waals surface area contributed by atoms with Gasteiger partial charge >= 0.3 is 0 Å². The van der Waals surface area contributed by atoms with E-state index in [4.69, 9.17) is 4.74 Å². The van der Waals surface area contributed by atoms with E-state index < -0.39 is 0 Å². The second-order valence-electron chi connectivity index (χ2n) is 6.77. The first-order chi connectivity index (χ1) is 9.69. The molecule has 1 aliphatic heterocycles. The highest BCUT2D eigenvalue weighted by molar-refractivity contribution is 5.76. The van der Waals surface area contributed by atoms with Gasteiger partial charge in [0.1, 0.15) is 0 Å². The van der Waals surface area contributed by atoms with Crippen molar-refractivity contribution in [3.63, 3.8) is 0 Å². The van der Waals surface area contributed by atoms with Crippen molar-refractivity contribution in [2.75, 3.05) is 33.3 Å². The van der Waals surface area contributed by atoms with Crippen LogP contribution < -0.4 is 0 Å². The monoisotopic (exact) mass is 300 g/mol. The Bertz CT molecular complexity index is 303. The minimum Gasteiger partial charge on any atom is -0.379 e. The Kier molecular flexibility index (Phi) is 9.26. The molecule has 21 heavy (non-hydrogen) atoms. The smallest absolute Gasteiger partial charge is 0.222 e. The van der Waals surface area contributed by atoms with Crippen molar-refractivity contribution >= 4 is 12.3 Å². The van der Waals surface area contributed by atoms with E-state index >= 15 is 0 Å². The van der Waals surface area contributed by atoms with E-state index in [2.05, 4.69) is 13.8 Å². The zero-order valence-electron chi connectivity index (χ0n) is 14.5. The summed E-state index contributed by atoms with van der Waals surface area (Å²) in [6.45, 7) is 13.0. The molecule has 0 aliphatic carbocycles. The molecule has 0 bridgehead atoms. The van der Waals surface area contributed by atoms with Crippen LogP contribution in [-0.4, -0.2) is 61.0 Å². The normalized spacial score (nSPS) is 15.6. The summed E-state index contributed by atoms with van der Waals surface area (Å²) in [7, 11) is 1.71. The maximum Gasteiger partial charge on any atom is 0.222 e. The van der Waals surface area contributed by atoms with Crippen LogP contribution in [0, 0.1) is 5.92 Å². The lowest BCUT2D eigenvalue weighted by molar-refractivity contribution is -0.135. The van der Waals surface area contributed by atoms with E-state index in [1.165, 1.54) is 0 Å². The molecule has 1 heterocycles. The van der Waals surface area contributed by atoms with Crippen LogP contribution in [0.15, 0.2) is 0 Å². The van der Waals surface area contributed by atoms with Gasteiger partial charge in [0.15, 0.2) is 0 Å². The summed E-state index contributed by atoms with van der Waals surface area (Å²) in [4.78, 5) is 25.8. The van der Waals surface area contributed by atoms with Crippen LogP contribution in [0.5, 0.6) is 0 Å². The molecule has 5 nitrogen and oxygen atoms in total. The molecule has 0 spiro atoms. The highest BCUT2D eigenvalue weighted by atomic mass is 16.5. The summed E-state index contributed by atoms with van der Waals surface area (Å²) in [5, 5.41) is 0. The zero-order chi connectivity index (χ0) is 16.5. The van der Waals surface area contributed by atoms with Crippen LogP contribution in [0.1, 0.15) is 47.5 Å². The molecule has 2 amide bonds. The van der Waals surface area contributed by atoms with Crippen molar-refractivity contribution in [2.45, 2.75) is 53.1 Å². The first kappa shape index (κ1) is 19.9. The molecular weight excluding hydrogens is 268 g/mol. The van der Waals surface area contributed by atoms with Gasteiger partial charge in [0.05, 0.1) is 5.60 Å². The molecule has 0 unspecified atom stereocenters. The van der Waals surface area contributed by atoms with Crippen molar-refractivity contribution in [2.24, 2.45) is 5.92 Å². The fraction of sp³-hybridized carbons (Fsp3) is 0.875. The Morgan fingerprint density at radius 2 is 1.67 bits per heavy atom. The Hall–Kier alpha value is -1.10. The van der Waals surface area contributed by atoms with Crippen LogP contribution in [0.3, 0.4) is 0 Å². The van der Waals surface area contributed by atoms with Crippen molar-refractivity contribution in [1.82, 2.24) is 9.80 Å². The van der Waals surface area contributed by atoms with E-state index in [0.717, 1.165) is 12.8 Å². The maximum atomic E-state index is 11.7. The number of rotatable bonds is 4. The van der Waals surface area contributed by atoms with Gasteiger partial charge in [-0.15, -0.1) is 0 Å². The Balaban J connectivity index is 0.000000567. The Labute approximate surface area is 129 Å². The van der Waals surface area contributed by atoms with Crippen molar-refractivity contribution < 1.29 is 14.3 Å². The Morgan fingerprint density at radius 3 is 2.00 bits per heavy atom. The van der Waals surface area contributed by atoms with Crippen LogP contribution in [0.2, 0.25) is 0 Å². The van der Waals surface area contributed by atoms with Gasteiger partial charge in [0.2, 0.25) is 12.3 Å². The molecule has 0 aromatic carbocycles. The van der Waals surface area contributed by atoms with Gasteiger partial charge in [0.25, 0.3) is 0 Å². The summed E-state index contributed by atoms with van der Waals surface area (Å²) in [6, 6.07) is 0. The average Bonchev–Trinajstić information content (AvgIpc) is 2.44. The number of piperazine rings is 1. The van der Waals surface area contributed by atoms with Crippen molar-refractivity contribution in [1.29, 1.82) is 0 Å². The SMILES string of the molecule is CC(C)CCC(=O)N1CCN(C=O)CC1.COC(C)(C)C.